The standard InChI is InChI=1S/C19H30N2O3S/c1-14(2)21-11-7-8-16(13-21)12-20-19(22)17-9-5-6-10-18(17)25(23,24)15(3)4/h5-6,9-10,14-16H,7-8,11-13H2,1-4H3,(H,20,22)/t16-/m0/s1. The van der Waals surface area contributed by atoms with Gasteiger partial charge in [-0.25, -0.2) is 8.42 Å². The number of carbonyl (C=O) groups is 1. The molecule has 0 unspecified atom stereocenters. The average Bonchev–Trinajstić information content (AvgIpc) is 2.59. The van der Waals surface area contributed by atoms with Crippen LogP contribution >= 0.6 is 0 Å². The number of sulfone groups is 1. The normalized spacial score (nSPS) is 19.4. The summed E-state index contributed by atoms with van der Waals surface area (Å²) in [5.41, 5.74) is 0.243. The van der Waals surface area contributed by atoms with Gasteiger partial charge in [0.1, 0.15) is 0 Å². The molecular weight excluding hydrogens is 336 g/mol. The average molecular weight is 367 g/mol. The topological polar surface area (TPSA) is 66.5 Å². The molecule has 1 atom stereocenters. The van der Waals surface area contributed by atoms with E-state index in [0.29, 0.717) is 18.5 Å². The summed E-state index contributed by atoms with van der Waals surface area (Å²) in [7, 11) is -3.48. The Hall–Kier alpha value is -1.40. The zero-order valence-corrected chi connectivity index (χ0v) is 16.5. The zero-order chi connectivity index (χ0) is 18.6. The molecule has 25 heavy (non-hydrogen) atoms. The lowest BCUT2D eigenvalue weighted by Crippen LogP contribution is -2.43. The van der Waals surface area contributed by atoms with Gasteiger partial charge in [0.2, 0.25) is 0 Å². The number of nitrogens with one attached hydrogen (secondary N) is 1. The maximum atomic E-state index is 12.6. The molecule has 1 amide bonds. The smallest absolute Gasteiger partial charge is 0.252 e. The Kier molecular flexibility index (Phi) is 6.63. The third-order valence-electron chi connectivity index (χ3n) is 4.89. The van der Waals surface area contributed by atoms with Crippen molar-refractivity contribution in [2.45, 2.75) is 56.7 Å². The van der Waals surface area contributed by atoms with Crippen LogP contribution in [0.1, 0.15) is 50.9 Å². The molecule has 1 aromatic rings. The van der Waals surface area contributed by atoms with Gasteiger partial charge in [0.25, 0.3) is 5.91 Å². The second kappa shape index (κ2) is 8.32. The number of amides is 1. The lowest BCUT2D eigenvalue weighted by Gasteiger charge is -2.35. The molecule has 6 heteroatoms. The summed E-state index contributed by atoms with van der Waals surface area (Å²) in [6, 6.07) is 6.98. The minimum absolute atomic E-state index is 0.120. The van der Waals surface area contributed by atoms with Crippen LogP contribution in [0.5, 0.6) is 0 Å². The quantitative estimate of drug-likeness (QED) is 0.841. The Morgan fingerprint density at radius 1 is 1.24 bits per heavy atom. The van der Waals surface area contributed by atoms with E-state index >= 15 is 0 Å². The zero-order valence-electron chi connectivity index (χ0n) is 15.7. The number of hydrogen-bond donors (Lipinski definition) is 1. The summed E-state index contributed by atoms with van der Waals surface area (Å²) in [4.78, 5) is 15.2. The van der Waals surface area contributed by atoms with E-state index in [4.69, 9.17) is 0 Å². The second-order valence-corrected chi connectivity index (χ2v) is 9.87. The molecule has 0 bridgehead atoms. The highest BCUT2D eigenvalue weighted by Crippen LogP contribution is 2.21. The first kappa shape index (κ1) is 19.9. The summed E-state index contributed by atoms with van der Waals surface area (Å²) in [6.45, 7) is 10.3. The van der Waals surface area contributed by atoms with E-state index in [9.17, 15) is 13.2 Å². The van der Waals surface area contributed by atoms with Crippen molar-refractivity contribution in [2.75, 3.05) is 19.6 Å². The number of benzene rings is 1. The van der Waals surface area contributed by atoms with Crippen LogP contribution in [0.3, 0.4) is 0 Å². The van der Waals surface area contributed by atoms with E-state index in [0.717, 1.165) is 25.9 Å². The van der Waals surface area contributed by atoms with Crippen molar-refractivity contribution in [3.05, 3.63) is 29.8 Å². The number of hydrogen-bond acceptors (Lipinski definition) is 4. The SMILES string of the molecule is CC(C)N1CCC[C@@H](CNC(=O)c2ccccc2S(=O)(=O)C(C)C)C1. The molecule has 1 aliphatic rings. The highest BCUT2D eigenvalue weighted by atomic mass is 32.2. The van der Waals surface area contributed by atoms with Crippen molar-refractivity contribution < 1.29 is 13.2 Å². The first-order valence-electron chi connectivity index (χ1n) is 9.08. The molecule has 0 saturated carbocycles. The molecule has 1 fully saturated rings. The fraction of sp³-hybridized carbons (Fsp3) is 0.632. The Labute approximate surface area is 151 Å². The molecular formula is C19H30N2O3S. The van der Waals surface area contributed by atoms with Gasteiger partial charge in [-0.15, -0.1) is 0 Å². The summed E-state index contributed by atoms with van der Waals surface area (Å²) < 4.78 is 25.0. The molecule has 1 saturated heterocycles. The fourth-order valence-corrected chi connectivity index (χ4v) is 4.46. The van der Waals surface area contributed by atoms with Gasteiger partial charge in [-0.1, -0.05) is 12.1 Å². The first-order chi connectivity index (χ1) is 11.7. The van der Waals surface area contributed by atoms with Crippen LogP contribution in [0.4, 0.5) is 0 Å². The van der Waals surface area contributed by atoms with Crippen LogP contribution in [-0.4, -0.2) is 50.2 Å². The Bertz CT molecular complexity index is 698. The molecule has 1 aromatic carbocycles. The fourth-order valence-electron chi connectivity index (χ4n) is 3.22. The Morgan fingerprint density at radius 2 is 1.92 bits per heavy atom. The van der Waals surface area contributed by atoms with Gasteiger partial charge < -0.3 is 10.2 Å². The van der Waals surface area contributed by atoms with Gasteiger partial charge in [0.05, 0.1) is 15.7 Å². The van der Waals surface area contributed by atoms with Crippen LogP contribution < -0.4 is 5.32 Å². The lowest BCUT2D eigenvalue weighted by molar-refractivity contribution is 0.0919. The van der Waals surface area contributed by atoms with Crippen molar-refractivity contribution in [3.8, 4) is 0 Å². The molecule has 0 aromatic heterocycles. The van der Waals surface area contributed by atoms with Crippen LogP contribution in [0.15, 0.2) is 29.2 Å². The van der Waals surface area contributed by atoms with Crippen molar-refractivity contribution >= 4 is 15.7 Å². The van der Waals surface area contributed by atoms with Gasteiger partial charge >= 0.3 is 0 Å². The van der Waals surface area contributed by atoms with Crippen molar-refractivity contribution in [1.29, 1.82) is 0 Å². The molecule has 1 heterocycles. The number of nitrogens with zero attached hydrogens (tertiary/aromatic N) is 1. The molecule has 0 aliphatic carbocycles. The molecule has 1 N–H and O–H groups in total. The number of piperidine rings is 1. The largest absolute Gasteiger partial charge is 0.352 e. The van der Waals surface area contributed by atoms with Crippen molar-refractivity contribution in [2.24, 2.45) is 5.92 Å². The summed E-state index contributed by atoms with van der Waals surface area (Å²) >= 11 is 0. The third-order valence-corrected chi connectivity index (χ3v) is 7.10. The minimum Gasteiger partial charge on any atom is -0.352 e. The van der Waals surface area contributed by atoms with E-state index in [2.05, 4.69) is 24.1 Å². The van der Waals surface area contributed by atoms with Crippen LogP contribution in [0.2, 0.25) is 0 Å². The maximum absolute atomic E-state index is 12.6. The molecule has 1 aliphatic heterocycles. The van der Waals surface area contributed by atoms with E-state index in [1.54, 1.807) is 32.0 Å². The predicted octanol–water partition coefficient (Wildman–Crippen LogP) is 2.72. The number of carbonyl (C=O) groups excluding carboxylic acids is 1. The number of rotatable bonds is 6. The molecule has 5 nitrogen and oxygen atoms in total. The Balaban J connectivity index is 2.07. The summed E-state index contributed by atoms with van der Waals surface area (Å²) in [5, 5.41) is 2.39. The van der Waals surface area contributed by atoms with Gasteiger partial charge in [-0.2, -0.15) is 0 Å². The van der Waals surface area contributed by atoms with E-state index in [-0.39, 0.29) is 16.4 Å². The van der Waals surface area contributed by atoms with Gasteiger partial charge in [0.15, 0.2) is 9.84 Å². The monoisotopic (exact) mass is 366 g/mol. The third kappa shape index (κ3) is 4.82. The molecule has 2 rings (SSSR count). The highest BCUT2D eigenvalue weighted by molar-refractivity contribution is 7.92. The van der Waals surface area contributed by atoms with Gasteiger partial charge in [0, 0.05) is 19.1 Å². The predicted molar refractivity (Wildman–Crippen MR) is 101 cm³/mol. The minimum atomic E-state index is -3.48. The second-order valence-electron chi connectivity index (χ2n) is 7.40. The molecule has 0 radical (unpaired) electrons. The van der Waals surface area contributed by atoms with Gasteiger partial charge in [-0.05, 0) is 65.1 Å². The molecule has 140 valence electrons. The van der Waals surface area contributed by atoms with Crippen LogP contribution in [-0.2, 0) is 9.84 Å². The molecule has 0 spiro atoms. The summed E-state index contributed by atoms with van der Waals surface area (Å²) in [5.74, 6) is 0.107. The lowest BCUT2D eigenvalue weighted by atomic mass is 9.97. The van der Waals surface area contributed by atoms with Crippen molar-refractivity contribution in [1.82, 2.24) is 10.2 Å². The van der Waals surface area contributed by atoms with Crippen LogP contribution in [0.25, 0.3) is 0 Å². The Morgan fingerprint density at radius 3 is 2.56 bits per heavy atom. The first-order valence-corrected chi connectivity index (χ1v) is 10.6. The van der Waals surface area contributed by atoms with E-state index in [1.165, 1.54) is 6.07 Å². The highest BCUT2D eigenvalue weighted by Gasteiger charge is 2.26. The number of likely N-dealkylation sites (tertiary alicyclic amines) is 1. The van der Waals surface area contributed by atoms with E-state index < -0.39 is 15.1 Å². The summed E-state index contributed by atoms with van der Waals surface area (Å²) in [6.07, 6.45) is 2.23. The van der Waals surface area contributed by atoms with Crippen molar-refractivity contribution in [3.63, 3.8) is 0 Å². The van der Waals surface area contributed by atoms with Crippen LogP contribution in [0, 0.1) is 5.92 Å². The maximum Gasteiger partial charge on any atom is 0.252 e. The van der Waals surface area contributed by atoms with E-state index in [1.807, 2.05) is 0 Å². The van der Waals surface area contributed by atoms with Gasteiger partial charge in [-0.3, -0.25) is 4.79 Å².